The van der Waals surface area contributed by atoms with E-state index in [2.05, 4.69) is 14.9 Å². The summed E-state index contributed by atoms with van der Waals surface area (Å²) in [6, 6.07) is 1.99. The summed E-state index contributed by atoms with van der Waals surface area (Å²) in [5.74, 6) is 2.34. The summed E-state index contributed by atoms with van der Waals surface area (Å²) in [5, 5.41) is 0. The Hall–Kier alpha value is -1.85. The molecule has 2 fully saturated rings. The smallest absolute Gasteiger partial charge is 0.227 e. The van der Waals surface area contributed by atoms with Gasteiger partial charge in [-0.05, 0) is 19.8 Å². The van der Waals surface area contributed by atoms with Gasteiger partial charge in [0.05, 0.1) is 0 Å². The first-order valence-electron chi connectivity index (χ1n) is 8.61. The van der Waals surface area contributed by atoms with Crippen LogP contribution in [0.25, 0.3) is 0 Å². The molecule has 1 aliphatic carbocycles. The van der Waals surface area contributed by atoms with Crippen LogP contribution in [0.2, 0.25) is 0 Å². The van der Waals surface area contributed by atoms with Crippen molar-refractivity contribution in [2.24, 2.45) is 5.92 Å². The van der Waals surface area contributed by atoms with Crippen molar-refractivity contribution in [3.05, 3.63) is 11.8 Å². The quantitative estimate of drug-likeness (QED) is 0.849. The average molecular weight is 317 g/mol. The molecule has 1 saturated heterocycles. The third-order valence-corrected chi connectivity index (χ3v) is 4.87. The number of carbonyl (C=O) groups is 1. The largest absolute Gasteiger partial charge is 0.363 e. The first kappa shape index (κ1) is 16.0. The van der Waals surface area contributed by atoms with Gasteiger partial charge >= 0.3 is 0 Å². The fraction of sp³-hybridized carbons (Fsp3) is 0.706. The van der Waals surface area contributed by atoms with Crippen LogP contribution in [0, 0.1) is 12.8 Å². The van der Waals surface area contributed by atoms with Crippen LogP contribution in [0.1, 0.15) is 31.4 Å². The fourth-order valence-electron chi connectivity index (χ4n) is 3.46. The maximum Gasteiger partial charge on any atom is 0.227 e. The molecule has 3 rings (SSSR count). The number of nitrogens with zero attached hydrogens (tertiary/aromatic N) is 5. The second-order valence-electron chi connectivity index (χ2n) is 6.86. The minimum absolute atomic E-state index is 0.275. The predicted molar refractivity (Wildman–Crippen MR) is 91.8 cm³/mol. The Morgan fingerprint density at radius 1 is 1.13 bits per heavy atom. The molecule has 0 atom stereocenters. The molecule has 0 N–H and O–H groups in total. The van der Waals surface area contributed by atoms with Crippen molar-refractivity contribution in [2.75, 3.05) is 50.1 Å². The van der Waals surface area contributed by atoms with Crippen LogP contribution in [0.5, 0.6) is 0 Å². The first-order chi connectivity index (χ1) is 11.0. The predicted octanol–water partition coefficient (Wildman–Crippen LogP) is 1.69. The van der Waals surface area contributed by atoms with Crippen molar-refractivity contribution in [1.29, 1.82) is 0 Å². The Bertz CT molecular complexity index is 560. The Kier molecular flexibility index (Phi) is 4.68. The zero-order valence-corrected chi connectivity index (χ0v) is 14.5. The number of aryl methyl sites for hydroxylation is 1. The lowest BCUT2D eigenvalue weighted by Gasteiger charge is -2.36. The summed E-state index contributed by atoms with van der Waals surface area (Å²) < 4.78 is 0. The van der Waals surface area contributed by atoms with Crippen molar-refractivity contribution >= 4 is 17.7 Å². The van der Waals surface area contributed by atoms with Crippen LogP contribution in [0.4, 0.5) is 11.8 Å². The number of anilines is 2. The number of amides is 1. The van der Waals surface area contributed by atoms with E-state index >= 15 is 0 Å². The molecule has 0 unspecified atom stereocenters. The molecule has 1 saturated carbocycles. The first-order valence-corrected chi connectivity index (χ1v) is 8.61. The molecule has 126 valence electrons. The molecular weight excluding hydrogens is 290 g/mol. The summed E-state index contributed by atoms with van der Waals surface area (Å²) in [7, 11) is 3.98. The number of rotatable bonds is 3. The fourth-order valence-corrected chi connectivity index (χ4v) is 3.46. The Morgan fingerprint density at radius 3 is 2.39 bits per heavy atom. The van der Waals surface area contributed by atoms with Gasteiger partial charge in [-0.1, -0.05) is 12.8 Å². The summed E-state index contributed by atoms with van der Waals surface area (Å²) in [4.78, 5) is 28.0. The Morgan fingerprint density at radius 2 is 1.78 bits per heavy atom. The van der Waals surface area contributed by atoms with Gasteiger partial charge in [0.1, 0.15) is 5.82 Å². The van der Waals surface area contributed by atoms with E-state index in [4.69, 9.17) is 0 Å². The molecular formula is C17H27N5O. The number of carbonyl (C=O) groups excluding carboxylic acids is 1. The standard InChI is InChI=1S/C17H27N5O/c1-13-12-15(20(2)3)19-17(18-13)22-10-8-21(9-11-22)16(23)14-6-4-5-7-14/h12,14H,4-11H2,1-3H3. The van der Waals surface area contributed by atoms with Crippen LogP contribution in [0.3, 0.4) is 0 Å². The Balaban J connectivity index is 1.63. The van der Waals surface area contributed by atoms with Crippen molar-refractivity contribution < 1.29 is 4.79 Å². The van der Waals surface area contributed by atoms with E-state index in [0.29, 0.717) is 5.91 Å². The van der Waals surface area contributed by atoms with Crippen molar-refractivity contribution in [1.82, 2.24) is 14.9 Å². The SMILES string of the molecule is Cc1cc(N(C)C)nc(N2CCN(C(=O)C3CCCC3)CC2)n1. The number of hydrogen-bond donors (Lipinski definition) is 0. The molecule has 0 radical (unpaired) electrons. The van der Waals surface area contributed by atoms with Gasteiger partial charge in [-0.25, -0.2) is 4.98 Å². The van der Waals surface area contributed by atoms with E-state index in [-0.39, 0.29) is 5.92 Å². The summed E-state index contributed by atoms with van der Waals surface area (Å²) in [5.41, 5.74) is 0.975. The lowest BCUT2D eigenvalue weighted by atomic mass is 10.1. The van der Waals surface area contributed by atoms with Crippen molar-refractivity contribution in [3.63, 3.8) is 0 Å². The molecule has 0 bridgehead atoms. The zero-order chi connectivity index (χ0) is 16.4. The van der Waals surface area contributed by atoms with E-state index in [1.165, 1.54) is 12.8 Å². The molecule has 2 heterocycles. The molecule has 23 heavy (non-hydrogen) atoms. The molecule has 6 nitrogen and oxygen atoms in total. The zero-order valence-electron chi connectivity index (χ0n) is 14.5. The highest BCUT2D eigenvalue weighted by molar-refractivity contribution is 5.79. The van der Waals surface area contributed by atoms with Gasteiger partial charge in [0, 0.05) is 58.0 Å². The third-order valence-electron chi connectivity index (χ3n) is 4.87. The topological polar surface area (TPSA) is 52.6 Å². The highest BCUT2D eigenvalue weighted by Crippen LogP contribution is 2.27. The number of aromatic nitrogens is 2. The van der Waals surface area contributed by atoms with Crippen molar-refractivity contribution in [2.45, 2.75) is 32.6 Å². The van der Waals surface area contributed by atoms with Crippen LogP contribution in [0.15, 0.2) is 6.07 Å². The van der Waals surface area contributed by atoms with Gasteiger partial charge in [-0.3, -0.25) is 4.79 Å². The number of hydrogen-bond acceptors (Lipinski definition) is 5. The minimum atomic E-state index is 0.275. The third kappa shape index (κ3) is 3.57. The van der Waals surface area contributed by atoms with Crippen LogP contribution in [-0.4, -0.2) is 61.0 Å². The van der Waals surface area contributed by atoms with E-state index in [0.717, 1.165) is 56.5 Å². The van der Waals surface area contributed by atoms with Gasteiger partial charge in [-0.2, -0.15) is 4.98 Å². The lowest BCUT2D eigenvalue weighted by molar-refractivity contribution is -0.135. The molecule has 2 aliphatic rings. The summed E-state index contributed by atoms with van der Waals surface area (Å²) in [6.45, 7) is 5.19. The minimum Gasteiger partial charge on any atom is -0.363 e. The van der Waals surface area contributed by atoms with E-state index in [9.17, 15) is 4.79 Å². The normalized spacial score (nSPS) is 19.3. The maximum atomic E-state index is 12.5. The number of piperazine rings is 1. The van der Waals surface area contributed by atoms with Crippen LogP contribution in [-0.2, 0) is 4.79 Å². The molecule has 1 amide bonds. The Labute approximate surface area is 138 Å². The molecule has 1 aliphatic heterocycles. The van der Waals surface area contributed by atoms with Gasteiger partial charge in [0.2, 0.25) is 11.9 Å². The molecule has 0 spiro atoms. The summed E-state index contributed by atoms with van der Waals surface area (Å²) >= 11 is 0. The monoisotopic (exact) mass is 317 g/mol. The van der Waals surface area contributed by atoms with Gasteiger partial charge in [0.25, 0.3) is 0 Å². The molecule has 1 aromatic rings. The maximum absolute atomic E-state index is 12.5. The second kappa shape index (κ2) is 6.72. The van der Waals surface area contributed by atoms with E-state index in [1.54, 1.807) is 0 Å². The van der Waals surface area contributed by atoms with Crippen LogP contribution < -0.4 is 9.80 Å². The van der Waals surface area contributed by atoms with Crippen molar-refractivity contribution in [3.8, 4) is 0 Å². The summed E-state index contributed by atoms with van der Waals surface area (Å²) in [6.07, 6.45) is 4.57. The van der Waals surface area contributed by atoms with Gasteiger partial charge in [-0.15, -0.1) is 0 Å². The lowest BCUT2D eigenvalue weighted by Crippen LogP contribution is -2.50. The molecule has 6 heteroatoms. The molecule has 1 aromatic heterocycles. The van der Waals surface area contributed by atoms with E-state index in [1.807, 2.05) is 36.9 Å². The highest BCUT2D eigenvalue weighted by Gasteiger charge is 2.30. The van der Waals surface area contributed by atoms with Gasteiger partial charge in [0.15, 0.2) is 0 Å². The van der Waals surface area contributed by atoms with Gasteiger partial charge < -0.3 is 14.7 Å². The average Bonchev–Trinajstić information content (AvgIpc) is 3.08. The van der Waals surface area contributed by atoms with Crippen LogP contribution >= 0.6 is 0 Å². The molecule has 0 aromatic carbocycles. The highest BCUT2D eigenvalue weighted by atomic mass is 16.2. The van der Waals surface area contributed by atoms with E-state index < -0.39 is 0 Å². The second-order valence-corrected chi connectivity index (χ2v) is 6.86.